The summed E-state index contributed by atoms with van der Waals surface area (Å²) in [6, 6.07) is 9.02. The van der Waals surface area contributed by atoms with Crippen LogP contribution in [0.15, 0.2) is 34.3 Å². The molecule has 2 fully saturated rings. The number of alkyl halides is 1. The van der Waals surface area contributed by atoms with Crippen LogP contribution in [0.2, 0.25) is 0 Å². The van der Waals surface area contributed by atoms with Gasteiger partial charge in [0.25, 0.3) is 0 Å². The molecule has 0 amide bonds. The SMILES string of the molecule is CCCNCCC(C)c1ccc(/C(N=C2CCCN2CCCN2CCCC2)=N/CCl)cc1. The Morgan fingerprint density at radius 1 is 1.06 bits per heavy atom. The summed E-state index contributed by atoms with van der Waals surface area (Å²) in [7, 11) is 0. The highest BCUT2D eigenvalue weighted by molar-refractivity contribution is 6.19. The summed E-state index contributed by atoms with van der Waals surface area (Å²) in [5.41, 5.74) is 2.43. The smallest absolute Gasteiger partial charge is 0.157 e. The molecule has 1 unspecified atom stereocenters. The quantitative estimate of drug-likeness (QED) is 0.155. The van der Waals surface area contributed by atoms with Crippen molar-refractivity contribution in [2.75, 3.05) is 51.8 Å². The predicted octanol–water partition coefficient (Wildman–Crippen LogP) is 5.10. The number of benzene rings is 1. The number of nitrogens with one attached hydrogen (secondary N) is 1. The van der Waals surface area contributed by atoms with Crippen LogP contribution >= 0.6 is 11.6 Å². The van der Waals surface area contributed by atoms with Gasteiger partial charge in [-0.2, -0.15) is 0 Å². The van der Waals surface area contributed by atoms with Gasteiger partial charge in [0, 0.05) is 25.1 Å². The molecule has 1 aromatic rings. The van der Waals surface area contributed by atoms with Crippen molar-refractivity contribution in [3.05, 3.63) is 35.4 Å². The van der Waals surface area contributed by atoms with Crippen LogP contribution in [-0.2, 0) is 0 Å². The highest BCUT2D eigenvalue weighted by Crippen LogP contribution is 2.20. The Hall–Kier alpha value is -1.43. The lowest BCUT2D eigenvalue weighted by atomic mass is 9.96. The van der Waals surface area contributed by atoms with Gasteiger partial charge in [-0.25, -0.2) is 9.98 Å². The van der Waals surface area contributed by atoms with E-state index in [1.165, 1.54) is 63.1 Å². The summed E-state index contributed by atoms with van der Waals surface area (Å²) in [6.07, 6.45) is 8.48. The van der Waals surface area contributed by atoms with Crippen LogP contribution in [0.25, 0.3) is 0 Å². The minimum atomic E-state index is 0.238. The van der Waals surface area contributed by atoms with Gasteiger partial charge in [0.1, 0.15) is 11.8 Å². The second kappa shape index (κ2) is 14.0. The third-order valence-electron chi connectivity index (χ3n) is 6.66. The van der Waals surface area contributed by atoms with Crippen molar-refractivity contribution in [2.24, 2.45) is 9.98 Å². The Balaban J connectivity index is 1.58. The molecule has 0 bridgehead atoms. The fourth-order valence-electron chi connectivity index (χ4n) is 4.69. The highest BCUT2D eigenvalue weighted by Gasteiger charge is 2.20. The number of hydrogen-bond donors (Lipinski definition) is 1. The first-order valence-corrected chi connectivity index (χ1v) is 13.2. The summed E-state index contributed by atoms with van der Waals surface area (Å²) in [5, 5.41) is 3.50. The maximum Gasteiger partial charge on any atom is 0.157 e. The van der Waals surface area contributed by atoms with Gasteiger partial charge in [0.2, 0.25) is 0 Å². The molecule has 2 heterocycles. The largest absolute Gasteiger partial charge is 0.360 e. The molecule has 2 saturated heterocycles. The molecule has 2 aliphatic heterocycles. The summed E-state index contributed by atoms with van der Waals surface area (Å²) in [5.74, 6) is 2.48. The Labute approximate surface area is 200 Å². The average Bonchev–Trinajstić information content (AvgIpc) is 3.49. The van der Waals surface area contributed by atoms with Crippen molar-refractivity contribution in [3.8, 4) is 0 Å². The highest BCUT2D eigenvalue weighted by atomic mass is 35.5. The first kappa shape index (κ1) is 25.2. The van der Waals surface area contributed by atoms with Crippen LogP contribution in [0.4, 0.5) is 0 Å². The first-order chi connectivity index (χ1) is 15.7. The zero-order valence-corrected chi connectivity index (χ0v) is 20.9. The van der Waals surface area contributed by atoms with Crippen molar-refractivity contribution in [2.45, 2.75) is 64.7 Å². The van der Waals surface area contributed by atoms with Crippen LogP contribution in [0, 0.1) is 0 Å². The van der Waals surface area contributed by atoms with Crippen LogP contribution in [-0.4, -0.2) is 73.3 Å². The number of halogens is 1. The number of aliphatic imine (C=N–C) groups is 2. The summed E-state index contributed by atoms with van der Waals surface area (Å²) in [4.78, 5) is 14.6. The second-order valence-corrected chi connectivity index (χ2v) is 9.42. The number of nitrogens with zero attached hydrogens (tertiary/aromatic N) is 4. The zero-order valence-electron chi connectivity index (χ0n) is 20.2. The van der Waals surface area contributed by atoms with Crippen LogP contribution in [0.5, 0.6) is 0 Å². The lowest BCUT2D eigenvalue weighted by molar-refractivity contribution is 0.312. The normalized spacial score (nSPS) is 19.9. The van der Waals surface area contributed by atoms with Gasteiger partial charge < -0.3 is 15.1 Å². The van der Waals surface area contributed by atoms with E-state index in [9.17, 15) is 0 Å². The molecule has 2 aliphatic rings. The number of amidine groups is 2. The van der Waals surface area contributed by atoms with Gasteiger partial charge in [-0.15, -0.1) is 11.6 Å². The van der Waals surface area contributed by atoms with Crippen LogP contribution < -0.4 is 5.32 Å². The fourth-order valence-corrected chi connectivity index (χ4v) is 4.81. The molecule has 0 saturated carbocycles. The molecule has 0 aliphatic carbocycles. The minimum absolute atomic E-state index is 0.238. The molecule has 0 radical (unpaired) electrons. The van der Waals surface area contributed by atoms with E-state index in [2.05, 4.69) is 58.2 Å². The second-order valence-electron chi connectivity index (χ2n) is 9.18. The summed E-state index contributed by atoms with van der Waals surface area (Å²) in [6.45, 7) is 12.6. The van der Waals surface area contributed by atoms with E-state index in [0.29, 0.717) is 5.92 Å². The third kappa shape index (κ3) is 7.86. The maximum atomic E-state index is 6.01. The Bertz CT molecular complexity index is 724. The molecule has 1 N–H and O–H groups in total. The van der Waals surface area contributed by atoms with E-state index in [0.717, 1.165) is 50.4 Å². The molecular weight excluding hydrogens is 418 g/mol. The van der Waals surface area contributed by atoms with Gasteiger partial charge in [0.05, 0.1) is 0 Å². The number of rotatable bonds is 12. The van der Waals surface area contributed by atoms with Crippen LogP contribution in [0.3, 0.4) is 0 Å². The number of hydrogen-bond acceptors (Lipinski definition) is 3. The molecule has 3 rings (SSSR count). The molecule has 1 atom stereocenters. The molecule has 6 heteroatoms. The molecule has 32 heavy (non-hydrogen) atoms. The van der Waals surface area contributed by atoms with Crippen molar-refractivity contribution < 1.29 is 0 Å². The van der Waals surface area contributed by atoms with Gasteiger partial charge in [-0.3, -0.25) is 0 Å². The predicted molar refractivity (Wildman–Crippen MR) is 138 cm³/mol. The molecule has 1 aromatic carbocycles. The summed E-state index contributed by atoms with van der Waals surface area (Å²) < 4.78 is 0. The number of likely N-dealkylation sites (tertiary alicyclic amines) is 2. The summed E-state index contributed by atoms with van der Waals surface area (Å²) >= 11 is 6.01. The van der Waals surface area contributed by atoms with Crippen molar-refractivity contribution in [1.82, 2.24) is 15.1 Å². The molecular formula is C26H42ClN5. The van der Waals surface area contributed by atoms with E-state index in [-0.39, 0.29) is 6.00 Å². The Morgan fingerprint density at radius 3 is 2.56 bits per heavy atom. The first-order valence-electron chi connectivity index (χ1n) is 12.7. The van der Waals surface area contributed by atoms with Crippen molar-refractivity contribution >= 4 is 23.3 Å². The van der Waals surface area contributed by atoms with Gasteiger partial charge in [0.15, 0.2) is 5.84 Å². The monoisotopic (exact) mass is 459 g/mol. The standard InChI is InChI=1S/C26H42ClN5/c1-3-14-28-15-13-22(2)23-9-11-24(12-10-23)26(29-21-27)30-25-8-6-19-32(25)20-7-18-31-16-4-5-17-31/h9-12,22,28H,3-8,13-21H2,1-2H3/b29-26-,30-25?. The lowest BCUT2D eigenvalue weighted by Crippen LogP contribution is -2.30. The lowest BCUT2D eigenvalue weighted by Gasteiger charge is -2.21. The van der Waals surface area contributed by atoms with Gasteiger partial charge in [-0.1, -0.05) is 38.1 Å². The van der Waals surface area contributed by atoms with E-state index >= 15 is 0 Å². The Kier molecular flexibility index (Phi) is 11.0. The van der Waals surface area contributed by atoms with Crippen molar-refractivity contribution in [3.63, 3.8) is 0 Å². The molecule has 178 valence electrons. The van der Waals surface area contributed by atoms with E-state index in [4.69, 9.17) is 16.6 Å². The van der Waals surface area contributed by atoms with E-state index in [1.807, 2.05) is 0 Å². The minimum Gasteiger partial charge on any atom is -0.360 e. The molecule has 0 spiro atoms. The average molecular weight is 460 g/mol. The topological polar surface area (TPSA) is 43.2 Å². The van der Waals surface area contributed by atoms with Gasteiger partial charge in [-0.05, 0) is 82.7 Å². The Morgan fingerprint density at radius 2 is 1.84 bits per heavy atom. The van der Waals surface area contributed by atoms with E-state index < -0.39 is 0 Å². The van der Waals surface area contributed by atoms with E-state index in [1.54, 1.807) is 0 Å². The third-order valence-corrected chi connectivity index (χ3v) is 6.78. The zero-order chi connectivity index (χ0) is 22.6. The van der Waals surface area contributed by atoms with Crippen molar-refractivity contribution in [1.29, 1.82) is 0 Å². The molecule has 5 nitrogen and oxygen atoms in total. The molecule has 0 aromatic heterocycles. The fraction of sp³-hybridized carbons (Fsp3) is 0.692. The van der Waals surface area contributed by atoms with Gasteiger partial charge >= 0.3 is 0 Å². The maximum absolute atomic E-state index is 6.01. The van der Waals surface area contributed by atoms with Crippen LogP contribution in [0.1, 0.15) is 75.8 Å².